The van der Waals surface area contributed by atoms with Crippen LogP contribution in [0.3, 0.4) is 0 Å². The summed E-state index contributed by atoms with van der Waals surface area (Å²) in [5.74, 6) is 0. The molecule has 4 heteroatoms. The number of hydrogen-bond acceptors (Lipinski definition) is 2. The average Bonchev–Trinajstić information content (AvgIpc) is 2.51. The molecule has 1 atom stereocenters. The normalized spacial score (nSPS) is 19.1. The number of halogens is 2. The molecule has 3 rings (SSSR count). The zero-order chi connectivity index (χ0) is 13.9. The maximum absolute atomic E-state index is 6.40. The van der Waals surface area contributed by atoms with Gasteiger partial charge in [0.2, 0.25) is 0 Å². The summed E-state index contributed by atoms with van der Waals surface area (Å²) in [7, 11) is 0. The maximum atomic E-state index is 6.40. The van der Waals surface area contributed by atoms with E-state index >= 15 is 0 Å². The molecule has 2 aromatic rings. The van der Waals surface area contributed by atoms with Gasteiger partial charge < -0.3 is 10.2 Å². The van der Waals surface area contributed by atoms with Gasteiger partial charge in [-0.05, 0) is 23.8 Å². The molecule has 1 heterocycles. The number of nitrogens with zero attached hydrogens (tertiary/aromatic N) is 1. The van der Waals surface area contributed by atoms with Crippen LogP contribution in [0.1, 0.15) is 11.6 Å². The summed E-state index contributed by atoms with van der Waals surface area (Å²) in [5.41, 5.74) is 2.41. The Labute approximate surface area is 132 Å². The molecular weight excluding hydrogens is 336 g/mol. The number of piperazine rings is 1. The van der Waals surface area contributed by atoms with Gasteiger partial charge in [0.1, 0.15) is 0 Å². The van der Waals surface area contributed by atoms with Crippen molar-refractivity contribution in [1.29, 1.82) is 0 Å². The van der Waals surface area contributed by atoms with E-state index < -0.39 is 0 Å². The molecule has 104 valence electrons. The van der Waals surface area contributed by atoms with Gasteiger partial charge in [0.15, 0.2) is 0 Å². The molecular formula is C16H16BrClN2. The van der Waals surface area contributed by atoms with E-state index in [0.29, 0.717) is 6.04 Å². The SMILES string of the molecule is Clc1ccc(Br)cc1N1CCNCC1c1ccccc1. The highest BCUT2D eigenvalue weighted by atomic mass is 79.9. The van der Waals surface area contributed by atoms with E-state index in [0.717, 1.165) is 34.8 Å². The summed E-state index contributed by atoms with van der Waals surface area (Å²) >= 11 is 9.94. The molecule has 1 fully saturated rings. The van der Waals surface area contributed by atoms with Gasteiger partial charge in [-0.2, -0.15) is 0 Å². The van der Waals surface area contributed by atoms with Crippen molar-refractivity contribution >= 4 is 33.2 Å². The van der Waals surface area contributed by atoms with E-state index in [1.54, 1.807) is 0 Å². The van der Waals surface area contributed by atoms with Crippen molar-refractivity contribution < 1.29 is 0 Å². The highest BCUT2D eigenvalue weighted by Gasteiger charge is 2.25. The first kappa shape index (κ1) is 13.9. The molecule has 0 amide bonds. The number of benzene rings is 2. The Bertz CT molecular complexity index is 588. The van der Waals surface area contributed by atoms with E-state index in [1.807, 2.05) is 12.1 Å². The number of hydrogen-bond donors (Lipinski definition) is 1. The Balaban J connectivity index is 1.99. The second-order valence-corrected chi connectivity index (χ2v) is 6.24. The lowest BCUT2D eigenvalue weighted by molar-refractivity contribution is 0.490. The van der Waals surface area contributed by atoms with Gasteiger partial charge in [0.05, 0.1) is 16.8 Å². The van der Waals surface area contributed by atoms with Crippen molar-refractivity contribution in [2.45, 2.75) is 6.04 Å². The van der Waals surface area contributed by atoms with Crippen LogP contribution in [0, 0.1) is 0 Å². The fraction of sp³-hybridized carbons (Fsp3) is 0.250. The molecule has 20 heavy (non-hydrogen) atoms. The van der Waals surface area contributed by atoms with Crippen molar-refractivity contribution in [3.05, 3.63) is 63.6 Å². The molecule has 1 N–H and O–H groups in total. The number of nitrogens with one attached hydrogen (secondary N) is 1. The third-order valence-electron chi connectivity index (χ3n) is 3.65. The van der Waals surface area contributed by atoms with Crippen LogP contribution in [0.4, 0.5) is 5.69 Å². The predicted octanol–water partition coefficient (Wildman–Crippen LogP) is 4.25. The monoisotopic (exact) mass is 350 g/mol. The molecule has 0 bridgehead atoms. The van der Waals surface area contributed by atoms with Crippen LogP contribution in [-0.4, -0.2) is 19.6 Å². The first-order chi connectivity index (χ1) is 9.75. The lowest BCUT2D eigenvalue weighted by Gasteiger charge is -2.38. The van der Waals surface area contributed by atoms with Gasteiger partial charge in [0, 0.05) is 24.1 Å². The minimum Gasteiger partial charge on any atom is -0.361 e. The quantitative estimate of drug-likeness (QED) is 0.870. The zero-order valence-electron chi connectivity index (χ0n) is 11.0. The van der Waals surface area contributed by atoms with Crippen LogP contribution < -0.4 is 10.2 Å². The van der Waals surface area contributed by atoms with E-state index in [-0.39, 0.29) is 0 Å². The zero-order valence-corrected chi connectivity index (χ0v) is 13.4. The van der Waals surface area contributed by atoms with Crippen molar-refractivity contribution in [2.24, 2.45) is 0 Å². The second-order valence-electron chi connectivity index (χ2n) is 4.92. The Morgan fingerprint density at radius 1 is 1.15 bits per heavy atom. The molecule has 2 nitrogen and oxygen atoms in total. The molecule has 1 unspecified atom stereocenters. The largest absolute Gasteiger partial charge is 0.361 e. The van der Waals surface area contributed by atoms with Gasteiger partial charge in [-0.3, -0.25) is 0 Å². The van der Waals surface area contributed by atoms with E-state index in [9.17, 15) is 0 Å². The predicted molar refractivity (Wildman–Crippen MR) is 88.6 cm³/mol. The minimum absolute atomic E-state index is 0.316. The smallest absolute Gasteiger partial charge is 0.0668 e. The van der Waals surface area contributed by atoms with Crippen molar-refractivity contribution in [3.63, 3.8) is 0 Å². The van der Waals surface area contributed by atoms with Crippen LogP contribution in [0.15, 0.2) is 53.0 Å². The molecule has 0 saturated carbocycles. The summed E-state index contributed by atoms with van der Waals surface area (Å²) in [4.78, 5) is 2.39. The molecule has 2 aromatic carbocycles. The maximum Gasteiger partial charge on any atom is 0.0668 e. The van der Waals surface area contributed by atoms with Crippen molar-refractivity contribution in [1.82, 2.24) is 5.32 Å². The van der Waals surface area contributed by atoms with Gasteiger partial charge in [-0.25, -0.2) is 0 Å². The van der Waals surface area contributed by atoms with Gasteiger partial charge in [0.25, 0.3) is 0 Å². The fourth-order valence-corrected chi connectivity index (χ4v) is 3.25. The first-order valence-electron chi connectivity index (χ1n) is 6.73. The Morgan fingerprint density at radius 2 is 1.95 bits per heavy atom. The van der Waals surface area contributed by atoms with Crippen molar-refractivity contribution in [3.8, 4) is 0 Å². The highest BCUT2D eigenvalue weighted by molar-refractivity contribution is 9.10. The van der Waals surface area contributed by atoms with Gasteiger partial charge >= 0.3 is 0 Å². The molecule has 1 saturated heterocycles. The van der Waals surface area contributed by atoms with E-state index in [4.69, 9.17) is 11.6 Å². The molecule has 0 radical (unpaired) electrons. The second kappa shape index (κ2) is 6.17. The standard InChI is InChI=1S/C16H16BrClN2/c17-13-6-7-14(18)15(10-13)20-9-8-19-11-16(20)12-4-2-1-3-5-12/h1-7,10,16,19H,8-9,11H2. The Kier molecular flexibility index (Phi) is 4.29. The fourth-order valence-electron chi connectivity index (χ4n) is 2.67. The third-order valence-corrected chi connectivity index (χ3v) is 4.46. The molecule has 0 spiro atoms. The average molecular weight is 352 g/mol. The lowest BCUT2D eigenvalue weighted by atomic mass is 10.0. The third kappa shape index (κ3) is 2.85. The van der Waals surface area contributed by atoms with Gasteiger partial charge in [-0.15, -0.1) is 0 Å². The molecule has 0 aliphatic carbocycles. The van der Waals surface area contributed by atoms with Crippen LogP contribution in [0.25, 0.3) is 0 Å². The van der Waals surface area contributed by atoms with Crippen LogP contribution in [0.2, 0.25) is 5.02 Å². The summed E-state index contributed by atoms with van der Waals surface area (Å²) in [6, 6.07) is 16.9. The molecule has 1 aliphatic rings. The summed E-state index contributed by atoms with van der Waals surface area (Å²) in [6.45, 7) is 2.87. The highest BCUT2D eigenvalue weighted by Crippen LogP contribution is 2.35. The minimum atomic E-state index is 0.316. The van der Waals surface area contributed by atoms with Crippen LogP contribution >= 0.6 is 27.5 Å². The Morgan fingerprint density at radius 3 is 2.75 bits per heavy atom. The Hall–Kier alpha value is -1.03. The van der Waals surface area contributed by atoms with Gasteiger partial charge in [-0.1, -0.05) is 57.9 Å². The molecule has 0 aromatic heterocycles. The summed E-state index contributed by atoms with van der Waals surface area (Å²) in [6.07, 6.45) is 0. The lowest BCUT2D eigenvalue weighted by Crippen LogP contribution is -2.46. The van der Waals surface area contributed by atoms with Crippen LogP contribution in [-0.2, 0) is 0 Å². The first-order valence-corrected chi connectivity index (χ1v) is 7.90. The van der Waals surface area contributed by atoms with Crippen LogP contribution in [0.5, 0.6) is 0 Å². The van der Waals surface area contributed by atoms with E-state index in [2.05, 4.69) is 62.5 Å². The number of anilines is 1. The summed E-state index contributed by atoms with van der Waals surface area (Å²) in [5, 5.41) is 4.27. The number of rotatable bonds is 2. The summed E-state index contributed by atoms with van der Waals surface area (Å²) < 4.78 is 1.06. The van der Waals surface area contributed by atoms with E-state index in [1.165, 1.54) is 5.56 Å². The topological polar surface area (TPSA) is 15.3 Å². The van der Waals surface area contributed by atoms with Crippen molar-refractivity contribution in [2.75, 3.05) is 24.5 Å². The molecule has 1 aliphatic heterocycles.